The van der Waals surface area contributed by atoms with Crippen molar-refractivity contribution in [3.63, 3.8) is 0 Å². The second-order valence-electron chi connectivity index (χ2n) is 3.09. The van der Waals surface area contributed by atoms with E-state index < -0.39 is 16.6 Å². The largest absolute Gasteiger partial charge is 0.380 e. The van der Waals surface area contributed by atoms with Crippen molar-refractivity contribution in [3.8, 4) is 0 Å². The molecule has 0 aromatic heterocycles. The van der Waals surface area contributed by atoms with E-state index in [-0.39, 0.29) is 4.90 Å². The molecule has 0 aliphatic carbocycles. The van der Waals surface area contributed by atoms with Gasteiger partial charge in [0, 0.05) is 6.61 Å². The number of hydrogen-bond acceptors (Lipinski definition) is 2. The van der Waals surface area contributed by atoms with Gasteiger partial charge < -0.3 is 4.74 Å². The zero-order chi connectivity index (χ0) is 11.1. The van der Waals surface area contributed by atoms with E-state index in [1.165, 1.54) is 6.07 Å². The molecule has 1 unspecified atom stereocenters. The summed E-state index contributed by atoms with van der Waals surface area (Å²) in [7, 11) is -1.30. The number of rotatable bonds is 6. The first kappa shape index (κ1) is 12.3. The Morgan fingerprint density at radius 2 is 2.07 bits per heavy atom. The molecule has 1 rings (SSSR count). The van der Waals surface area contributed by atoms with E-state index in [2.05, 4.69) is 0 Å². The second-order valence-corrected chi connectivity index (χ2v) is 4.63. The number of hydrogen-bond donors (Lipinski definition) is 0. The van der Waals surface area contributed by atoms with E-state index in [4.69, 9.17) is 4.74 Å². The maximum Gasteiger partial charge on any atom is 0.139 e. The fourth-order valence-electron chi connectivity index (χ4n) is 1.12. The monoisotopic (exact) mass is 230 g/mol. The van der Waals surface area contributed by atoms with Gasteiger partial charge in [-0.15, -0.1) is 0 Å². The van der Waals surface area contributed by atoms with Gasteiger partial charge >= 0.3 is 0 Å². The lowest BCUT2D eigenvalue weighted by molar-refractivity contribution is 0.150. The van der Waals surface area contributed by atoms with Gasteiger partial charge in [0.15, 0.2) is 0 Å². The van der Waals surface area contributed by atoms with Gasteiger partial charge in [-0.25, -0.2) is 4.39 Å². The standard InChI is InChI=1S/C11H15FO2S/c1-2-7-14-8-9-15(13)11-6-4-3-5-10(11)12/h3-6H,2,7-9H2,1H3. The van der Waals surface area contributed by atoms with Crippen molar-refractivity contribution in [2.75, 3.05) is 19.0 Å². The Morgan fingerprint density at radius 1 is 1.33 bits per heavy atom. The molecular formula is C11H15FO2S. The molecule has 1 atom stereocenters. The molecule has 1 aromatic carbocycles. The highest BCUT2D eigenvalue weighted by atomic mass is 32.2. The first-order chi connectivity index (χ1) is 7.25. The van der Waals surface area contributed by atoms with Crippen LogP contribution < -0.4 is 0 Å². The Kier molecular flexibility index (Phi) is 5.50. The SMILES string of the molecule is CCCOCCS(=O)c1ccccc1F. The summed E-state index contributed by atoms with van der Waals surface area (Å²) >= 11 is 0. The fourth-order valence-corrected chi connectivity index (χ4v) is 2.13. The Bertz CT molecular complexity index is 328. The van der Waals surface area contributed by atoms with E-state index in [1.54, 1.807) is 18.2 Å². The van der Waals surface area contributed by atoms with Crippen molar-refractivity contribution >= 4 is 10.8 Å². The van der Waals surface area contributed by atoms with Crippen molar-refractivity contribution in [3.05, 3.63) is 30.1 Å². The van der Waals surface area contributed by atoms with Crippen LogP contribution in [0, 0.1) is 5.82 Å². The van der Waals surface area contributed by atoms with Crippen LogP contribution in [0.5, 0.6) is 0 Å². The van der Waals surface area contributed by atoms with Crippen LogP contribution in [0.4, 0.5) is 4.39 Å². The summed E-state index contributed by atoms with van der Waals surface area (Å²) in [5.41, 5.74) is 0. The topological polar surface area (TPSA) is 26.3 Å². The Hall–Kier alpha value is -0.740. The molecule has 15 heavy (non-hydrogen) atoms. The van der Waals surface area contributed by atoms with Crippen molar-refractivity contribution in [1.29, 1.82) is 0 Å². The fraction of sp³-hybridized carbons (Fsp3) is 0.455. The Balaban J connectivity index is 2.44. The molecule has 0 fully saturated rings. The molecule has 0 bridgehead atoms. The van der Waals surface area contributed by atoms with Crippen LogP contribution in [-0.4, -0.2) is 23.2 Å². The van der Waals surface area contributed by atoms with E-state index in [0.29, 0.717) is 19.0 Å². The summed E-state index contributed by atoms with van der Waals surface area (Å²) in [6.45, 7) is 3.08. The molecule has 0 heterocycles. The van der Waals surface area contributed by atoms with E-state index in [9.17, 15) is 8.60 Å². The van der Waals surface area contributed by atoms with Crippen molar-refractivity contribution in [1.82, 2.24) is 0 Å². The minimum atomic E-state index is -1.30. The lowest BCUT2D eigenvalue weighted by Crippen LogP contribution is -2.08. The second kappa shape index (κ2) is 6.69. The Morgan fingerprint density at radius 3 is 2.73 bits per heavy atom. The summed E-state index contributed by atoms with van der Waals surface area (Å²) in [5.74, 6) is -0.0627. The maximum absolute atomic E-state index is 13.2. The predicted octanol–water partition coefficient (Wildman–Crippen LogP) is 2.36. The van der Waals surface area contributed by atoms with E-state index in [1.807, 2.05) is 6.92 Å². The van der Waals surface area contributed by atoms with Crippen molar-refractivity contribution in [2.24, 2.45) is 0 Å². The highest BCUT2D eigenvalue weighted by Crippen LogP contribution is 2.11. The molecule has 0 N–H and O–H groups in total. The highest BCUT2D eigenvalue weighted by Gasteiger charge is 2.08. The number of halogens is 1. The molecule has 2 nitrogen and oxygen atoms in total. The number of benzene rings is 1. The number of ether oxygens (including phenoxy) is 1. The minimum Gasteiger partial charge on any atom is -0.380 e. The van der Waals surface area contributed by atoms with Gasteiger partial charge in [0.2, 0.25) is 0 Å². The third-order valence-corrected chi connectivity index (χ3v) is 3.20. The van der Waals surface area contributed by atoms with Gasteiger partial charge in [-0.05, 0) is 18.6 Å². The van der Waals surface area contributed by atoms with Crippen LogP contribution in [0.15, 0.2) is 29.2 Å². The van der Waals surface area contributed by atoms with Crippen LogP contribution in [0.2, 0.25) is 0 Å². The van der Waals surface area contributed by atoms with Gasteiger partial charge in [-0.1, -0.05) is 19.1 Å². The predicted molar refractivity (Wildman–Crippen MR) is 58.8 cm³/mol. The first-order valence-electron chi connectivity index (χ1n) is 4.96. The Labute approximate surface area is 91.9 Å². The quantitative estimate of drug-likeness (QED) is 0.701. The lowest BCUT2D eigenvalue weighted by Gasteiger charge is -2.04. The van der Waals surface area contributed by atoms with Crippen LogP contribution in [0.25, 0.3) is 0 Å². The van der Waals surface area contributed by atoms with Crippen molar-refractivity contribution in [2.45, 2.75) is 18.2 Å². The third kappa shape index (κ3) is 4.10. The van der Waals surface area contributed by atoms with Gasteiger partial charge in [0.05, 0.1) is 28.1 Å². The zero-order valence-corrected chi connectivity index (χ0v) is 9.56. The summed E-state index contributed by atoms with van der Waals surface area (Å²) in [6, 6.07) is 6.14. The van der Waals surface area contributed by atoms with Gasteiger partial charge in [0.25, 0.3) is 0 Å². The van der Waals surface area contributed by atoms with Gasteiger partial charge in [-0.2, -0.15) is 0 Å². The molecule has 4 heteroatoms. The van der Waals surface area contributed by atoms with Crippen LogP contribution in [0.1, 0.15) is 13.3 Å². The first-order valence-corrected chi connectivity index (χ1v) is 6.28. The lowest BCUT2D eigenvalue weighted by atomic mass is 10.3. The molecule has 84 valence electrons. The summed E-state index contributed by atoms with van der Waals surface area (Å²) in [4.78, 5) is 0.262. The smallest absolute Gasteiger partial charge is 0.139 e. The van der Waals surface area contributed by atoms with E-state index in [0.717, 1.165) is 6.42 Å². The average Bonchev–Trinajstić information content (AvgIpc) is 2.25. The van der Waals surface area contributed by atoms with Crippen LogP contribution >= 0.6 is 0 Å². The molecule has 1 aromatic rings. The molecular weight excluding hydrogens is 215 g/mol. The average molecular weight is 230 g/mol. The van der Waals surface area contributed by atoms with Crippen LogP contribution in [0.3, 0.4) is 0 Å². The summed E-state index contributed by atoms with van der Waals surface area (Å²) in [5, 5.41) is 0. The molecule has 0 radical (unpaired) electrons. The highest BCUT2D eigenvalue weighted by molar-refractivity contribution is 7.85. The van der Waals surface area contributed by atoms with Crippen LogP contribution in [-0.2, 0) is 15.5 Å². The normalized spacial score (nSPS) is 12.7. The molecule has 0 saturated carbocycles. The van der Waals surface area contributed by atoms with Crippen molar-refractivity contribution < 1.29 is 13.3 Å². The maximum atomic E-state index is 13.2. The third-order valence-electron chi connectivity index (χ3n) is 1.84. The van der Waals surface area contributed by atoms with Gasteiger partial charge in [-0.3, -0.25) is 4.21 Å². The van der Waals surface area contributed by atoms with Gasteiger partial charge in [0.1, 0.15) is 5.82 Å². The molecule has 0 aliphatic rings. The zero-order valence-electron chi connectivity index (χ0n) is 8.74. The molecule has 0 amide bonds. The molecule has 0 saturated heterocycles. The molecule has 0 spiro atoms. The summed E-state index contributed by atoms with van der Waals surface area (Å²) in [6.07, 6.45) is 0.937. The van der Waals surface area contributed by atoms with E-state index >= 15 is 0 Å². The minimum absolute atomic E-state index is 0.262. The molecule has 0 aliphatic heterocycles. The summed E-state index contributed by atoms with van der Waals surface area (Å²) < 4.78 is 30.0.